The molecule has 0 fully saturated rings. The Labute approximate surface area is 29.1 Å². The largest absolute Gasteiger partial charge is 0.261 e. The molecule has 0 aromatic rings. The summed E-state index contributed by atoms with van der Waals surface area (Å²) in [6.07, 6.45) is 0. The molecule has 2 heteroatoms. The molecule has 0 heterocycles. The number of hydrazine groups is 1. The molecule has 4 heavy (non-hydrogen) atoms. The highest BCUT2D eigenvalue weighted by Gasteiger charge is 1.44. The highest BCUT2D eigenvalue weighted by atomic mass is 15.3. The molecule has 0 amide bonds. The van der Waals surface area contributed by atoms with E-state index >= 15 is 0 Å². The summed E-state index contributed by atoms with van der Waals surface area (Å²) >= 11 is 0. The van der Waals surface area contributed by atoms with Gasteiger partial charge in [0.05, 0.1) is 0 Å². The molecule has 0 atom stereocenters. The molecule has 0 aromatic heterocycles. The minimum absolute atomic E-state index is 0. The van der Waals surface area contributed by atoms with E-state index in [0.717, 1.165) is 0 Å². The van der Waals surface area contributed by atoms with Crippen LogP contribution in [0.4, 0.5) is 0 Å². The third-order valence-corrected chi connectivity index (χ3v) is 0.250. The molecule has 2 N–H and O–H groups in total. The van der Waals surface area contributed by atoms with Gasteiger partial charge in [-0.1, -0.05) is 0 Å². The Hall–Kier alpha value is -0.0800. The van der Waals surface area contributed by atoms with Gasteiger partial charge in [0.2, 0.25) is 0 Å². The first-order chi connectivity index (χ1) is 1.91. The molecule has 0 rings (SSSR count). The molecule has 2 nitrogen and oxygen atoms in total. The van der Waals surface area contributed by atoms with Crippen LogP contribution in [0.3, 0.4) is 0 Å². The molecule has 0 saturated carbocycles. The first-order valence-electron chi connectivity index (χ1n) is 1.25. The van der Waals surface area contributed by atoms with Crippen LogP contribution >= 0.6 is 0 Å². The first kappa shape index (κ1) is 3.92. The van der Waals surface area contributed by atoms with Crippen molar-refractivity contribution in [2.75, 3.05) is 14.1 Å². The van der Waals surface area contributed by atoms with Gasteiger partial charge in [0.1, 0.15) is 0 Å². The van der Waals surface area contributed by atoms with Crippen LogP contribution in [0.15, 0.2) is 0 Å². The summed E-state index contributed by atoms with van der Waals surface area (Å²) in [5.74, 6) is 0. The quantitative estimate of drug-likeness (QED) is 0.414. The van der Waals surface area contributed by atoms with Gasteiger partial charge in [-0.05, 0) is 14.1 Å². The molecule has 0 aliphatic heterocycles. The van der Waals surface area contributed by atoms with Crippen molar-refractivity contribution in [2.24, 2.45) is 0 Å². The Balaban J connectivity index is -0.0000000450. The highest BCUT2D eigenvalue weighted by molar-refractivity contribution is 3.99. The van der Waals surface area contributed by atoms with Gasteiger partial charge in [-0.2, -0.15) is 0 Å². The molecular weight excluding hydrogens is 52.0 g/mol. The molecule has 30 valence electrons. The highest BCUT2D eigenvalue weighted by Crippen LogP contribution is 1.07. The lowest BCUT2D eigenvalue weighted by molar-refractivity contribution is 0.689. The average molecular weight is 64.1 g/mol. The maximum atomic E-state index is 2.68. The van der Waals surface area contributed by atoms with Gasteiger partial charge >= 0.3 is 0 Å². The molecule has 0 aliphatic rings. The lowest BCUT2D eigenvalue weighted by Crippen LogP contribution is -2.21. The molecule has 0 saturated heterocycles. The third-order valence-electron chi connectivity index (χ3n) is 0.250. The van der Waals surface area contributed by atoms with E-state index in [1.807, 2.05) is 14.1 Å². The van der Waals surface area contributed by atoms with Crippen molar-refractivity contribution in [1.29, 1.82) is 0 Å². The second-order valence-corrected chi connectivity index (χ2v) is 0.500. The summed E-state index contributed by atoms with van der Waals surface area (Å²) in [4.78, 5) is 0. The lowest BCUT2D eigenvalue weighted by Gasteiger charge is -1.81. The fourth-order valence-electron chi connectivity index (χ4n) is 0. The fraction of sp³-hybridized carbons (Fsp3) is 1.00. The fourth-order valence-corrected chi connectivity index (χ4v) is 0. The van der Waals surface area contributed by atoms with Crippen LogP contribution < -0.4 is 10.9 Å². The Morgan fingerprint density at radius 1 is 1.25 bits per heavy atom. The van der Waals surface area contributed by atoms with Crippen molar-refractivity contribution >= 4 is 0 Å². The predicted octanol–water partition coefficient (Wildman–Crippen LogP) is -0.168. The minimum Gasteiger partial charge on any atom is -0.261 e. The maximum absolute atomic E-state index is 2.68. The van der Waals surface area contributed by atoms with Gasteiger partial charge < -0.3 is 0 Å². The van der Waals surface area contributed by atoms with E-state index in [-0.39, 0.29) is 2.85 Å². The van der Waals surface area contributed by atoms with Crippen molar-refractivity contribution in [2.45, 2.75) is 0 Å². The third kappa shape index (κ3) is 1.92. The monoisotopic (exact) mass is 64.1 g/mol. The van der Waals surface area contributed by atoms with Crippen LogP contribution in [0, 0.1) is 0 Å². The summed E-state index contributed by atoms with van der Waals surface area (Å²) in [5.41, 5.74) is 5.36. The van der Waals surface area contributed by atoms with Crippen LogP contribution in [-0.2, 0) is 0 Å². The van der Waals surface area contributed by atoms with E-state index in [9.17, 15) is 0 Å². The van der Waals surface area contributed by atoms with E-state index in [4.69, 9.17) is 0 Å². The summed E-state index contributed by atoms with van der Waals surface area (Å²) in [6, 6.07) is 0. The number of hydrogen-bond acceptors (Lipinski definition) is 2. The van der Waals surface area contributed by atoms with Crippen LogP contribution in [0.1, 0.15) is 2.85 Å². The SMILES string of the molecule is CNNC.[HH].[HH]. The van der Waals surface area contributed by atoms with E-state index in [1.165, 1.54) is 0 Å². The van der Waals surface area contributed by atoms with Gasteiger partial charge in [-0.25, -0.2) is 0 Å². The van der Waals surface area contributed by atoms with Gasteiger partial charge in [-0.3, -0.25) is 10.9 Å². The zero-order chi connectivity index (χ0) is 3.41. The van der Waals surface area contributed by atoms with E-state index in [1.54, 1.807) is 0 Å². The van der Waals surface area contributed by atoms with Crippen molar-refractivity contribution in [3.05, 3.63) is 0 Å². The Kier molecular flexibility index (Phi) is 2.86. The summed E-state index contributed by atoms with van der Waals surface area (Å²) in [7, 11) is 3.64. The number of nitrogens with one attached hydrogen (secondary N) is 2. The average Bonchev–Trinajstić information content (AvgIpc) is 1.37. The minimum atomic E-state index is 0. The smallest absolute Gasteiger partial charge is 0 e. The summed E-state index contributed by atoms with van der Waals surface area (Å²) in [5, 5.41) is 0. The molecule has 0 aliphatic carbocycles. The van der Waals surface area contributed by atoms with Crippen molar-refractivity contribution in [3.8, 4) is 0 Å². The normalized spacial score (nSPS) is 7.50. The van der Waals surface area contributed by atoms with Crippen molar-refractivity contribution in [3.63, 3.8) is 0 Å². The molecule has 0 aromatic carbocycles. The van der Waals surface area contributed by atoms with E-state index in [0.29, 0.717) is 0 Å². The summed E-state index contributed by atoms with van der Waals surface area (Å²) < 4.78 is 0. The lowest BCUT2D eigenvalue weighted by atomic mass is 11.4. The van der Waals surface area contributed by atoms with E-state index in [2.05, 4.69) is 10.9 Å². The molecule has 0 spiro atoms. The molecule has 0 radical (unpaired) electrons. The second-order valence-electron chi connectivity index (χ2n) is 0.500. The van der Waals surface area contributed by atoms with Crippen LogP contribution in [0.25, 0.3) is 0 Å². The van der Waals surface area contributed by atoms with Crippen molar-refractivity contribution < 1.29 is 2.85 Å². The van der Waals surface area contributed by atoms with Gasteiger partial charge in [0.15, 0.2) is 0 Å². The Morgan fingerprint density at radius 3 is 1.50 bits per heavy atom. The van der Waals surface area contributed by atoms with E-state index < -0.39 is 0 Å². The van der Waals surface area contributed by atoms with Gasteiger partial charge in [0, 0.05) is 2.85 Å². The zero-order valence-electron chi connectivity index (χ0n) is 3.00. The molecule has 0 unspecified atom stereocenters. The topological polar surface area (TPSA) is 24.1 Å². The van der Waals surface area contributed by atoms with Crippen LogP contribution in [-0.4, -0.2) is 14.1 Å². The Morgan fingerprint density at radius 2 is 1.50 bits per heavy atom. The standard InChI is InChI=1S/C2H8N2.2H2/c1-3-4-2;;/h3-4H,1-2H3;2*1H. The van der Waals surface area contributed by atoms with Crippen LogP contribution in [0.2, 0.25) is 0 Å². The van der Waals surface area contributed by atoms with Crippen LogP contribution in [0.5, 0.6) is 0 Å². The van der Waals surface area contributed by atoms with Gasteiger partial charge in [-0.15, -0.1) is 0 Å². The number of rotatable bonds is 1. The predicted molar refractivity (Wildman–Crippen MR) is 22.3 cm³/mol. The Bertz CT molecular complexity index is 11.5. The van der Waals surface area contributed by atoms with Crippen molar-refractivity contribution in [1.82, 2.24) is 10.9 Å². The first-order valence-corrected chi connectivity index (χ1v) is 1.25. The zero-order valence-corrected chi connectivity index (χ0v) is 3.00. The van der Waals surface area contributed by atoms with Gasteiger partial charge in [0.25, 0.3) is 0 Å². The molecular formula is C2H12N2. The second kappa shape index (κ2) is 2.92. The maximum Gasteiger partial charge on any atom is 0 e. The summed E-state index contributed by atoms with van der Waals surface area (Å²) in [6.45, 7) is 0. The molecule has 0 bridgehead atoms. The number of hydrogen-bond donors (Lipinski definition) is 2.